The van der Waals surface area contributed by atoms with Crippen LogP contribution in [0.1, 0.15) is 41.1 Å². The van der Waals surface area contributed by atoms with Gasteiger partial charge in [-0.05, 0) is 26.7 Å². The monoisotopic (exact) mass is 296 g/mol. The molecule has 1 aromatic heterocycles. The van der Waals surface area contributed by atoms with Gasteiger partial charge in [-0.25, -0.2) is 0 Å². The number of likely N-dealkylation sites (tertiary alicyclic amines) is 1. The molecule has 2 rings (SSSR count). The maximum atomic E-state index is 12.4. The molecule has 0 aliphatic carbocycles. The zero-order valence-corrected chi connectivity index (χ0v) is 12.3. The summed E-state index contributed by atoms with van der Waals surface area (Å²) in [5.41, 5.74) is 1.15. The molecule has 7 nitrogen and oxygen atoms in total. The molecule has 1 saturated heterocycles. The number of rotatable bonds is 5. The summed E-state index contributed by atoms with van der Waals surface area (Å²) in [7, 11) is 0. The zero-order chi connectivity index (χ0) is 15.4. The van der Waals surface area contributed by atoms with E-state index in [4.69, 9.17) is 14.4 Å². The zero-order valence-electron chi connectivity index (χ0n) is 12.3. The van der Waals surface area contributed by atoms with Crippen molar-refractivity contribution in [2.24, 2.45) is 0 Å². The van der Waals surface area contributed by atoms with Gasteiger partial charge in [0.2, 0.25) is 0 Å². The molecule has 21 heavy (non-hydrogen) atoms. The number of aryl methyl sites for hydroxylation is 2. The molecule has 0 unspecified atom stereocenters. The Morgan fingerprint density at radius 3 is 2.57 bits per heavy atom. The largest absolute Gasteiger partial charge is 0.481 e. The van der Waals surface area contributed by atoms with Gasteiger partial charge in [-0.15, -0.1) is 0 Å². The van der Waals surface area contributed by atoms with Gasteiger partial charge < -0.3 is 19.3 Å². The number of aromatic nitrogens is 1. The van der Waals surface area contributed by atoms with Crippen LogP contribution in [0, 0.1) is 13.8 Å². The van der Waals surface area contributed by atoms with Gasteiger partial charge in [0.25, 0.3) is 5.91 Å². The highest BCUT2D eigenvalue weighted by molar-refractivity contribution is 5.96. The Bertz CT molecular complexity index is 498. The van der Waals surface area contributed by atoms with Crippen LogP contribution in [0.25, 0.3) is 0 Å². The van der Waals surface area contributed by atoms with E-state index in [0.717, 1.165) is 0 Å². The lowest BCUT2D eigenvalue weighted by atomic mass is 10.1. The summed E-state index contributed by atoms with van der Waals surface area (Å²) < 4.78 is 10.5. The first kappa shape index (κ1) is 15.5. The highest BCUT2D eigenvalue weighted by atomic mass is 16.5. The van der Waals surface area contributed by atoms with Gasteiger partial charge in [-0.1, -0.05) is 5.16 Å². The Balaban J connectivity index is 1.84. The smallest absolute Gasteiger partial charge is 0.305 e. The summed E-state index contributed by atoms with van der Waals surface area (Å²) in [5, 5.41) is 12.4. The van der Waals surface area contributed by atoms with Crippen LogP contribution in [-0.4, -0.2) is 52.8 Å². The molecule has 7 heteroatoms. The van der Waals surface area contributed by atoms with Crippen molar-refractivity contribution in [1.82, 2.24) is 10.1 Å². The molecule has 116 valence electrons. The second kappa shape index (κ2) is 6.71. The third kappa shape index (κ3) is 3.81. The van der Waals surface area contributed by atoms with Crippen LogP contribution in [0.4, 0.5) is 0 Å². The van der Waals surface area contributed by atoms with Crippen molar-refractivity contribution in [3.05, 3.63) is 17.0 Å². The van der Waals surface area contributed by atoms with Crippen LogP contribution in [0.2, 0.25) is 0 Å². The van der Waals surface area contributed by atoms with E-state index in [1.54, 1.807) is 18.7 Å². The number of nitrogens with zero attached hydrogens (tertiary/aromatic N) is 2. The predicted molar refractivity (Wildman–Crippen MR) is 73.1 cm³/mol. The van der Waals surface area contributed by atoms with Crippen molar-refractivity contribution < 1.29 is 24.0 Å². The number of hydrogen-bond donors (Lipinski definition) is 1. The van der Waals surface area contributed by atoms with Crippen molar-refractivity contribution in [2.75, 3.05) is 19.7 Å². The Morgan fingerprint density at radius 2 is 2.05 bits per heavy atom. The standard InChI is InChI=1S/C14H20N2O5/c1-9-13(10(2)21-15-9)14(19)16-6-3-11(4-7-16)20-8-5-12(17)18/h11H,3-8H2,1-2H3,(H,17,18). The molecule has 0 atom stereocenters. The molecular weight excluding hydrogens is 276 g/mol. The third-order valence-electron chi connectivity index (χ3n) is 3.65. The molecule has 1 aliphatic heterocycles. The minimum absolute atomic E-state index is 0.0121. The molecule has 0 aromatic carbocycles. The summed E-state index contributed by atoms with van der Waals surface area (Å²) in [4.78, 5) is 24.6. The Morgan fingerprint density at radius 1 is 1.38 bits per heavy atom. The Kier molecular flexibility index (Phi) is 4.95. The maximum Gasteiger partial charge on any atom is 0.305 e. The number of aliphatic carboxylic acids is 1. The molecule has 0 bridgehead atoms. The number of hydrogen-bond acceptors (Lipinski definition) is 5. The fourth-order valence-electron chi connectivity index (χ4n) is 2.48. The molecule has 1 aromatic rings. The number of ether oxygens (including phenoxy) is 1. The van der Waals surface area contributed by atoms with Gasteiger partial charge in [0, 0.05) is 13.1 Å². The number of carboxylic acids is 1. The highest BCUT2D eigenvalue weighted by Crippen LogP contribution is 2.20. The maximum absolute atomic E-state index is 12.4. The van der Waals surface area contributed by atoms with Gasteiger partial charge >= 0.3 is 5.97 Å². The number of piperidine rings is 1. The van der Waals surface area contributed by atoms with E-state index < -0.39 is 5.97 Å². The predicted octanol–water partition coefficient (Wildman–Crippen LogP) is 1.39. The summed E-state index contributed by atoms with van der Waals surface area (Å²) >= 11 is 0. The lowest BCUT2D eigenvalue weighted by Gasteiger charge is -2.31. The molecule has 1 aliphatic rings. The van der Waals surface area contributed by atoms with E-state index in [0.29, 0.717) is 42.9 Å². The lowest BCUT2D eigenvalue weighted by Crippen LogP contribution is -2.41. The molecular formula is C14H20N2O5. The highest BCUT2D eigenvalue weighted by Gasteiger charge is 2.27. The van der Waals surface area contributed by atoms with E-state index in [9.17, 15) is 9.59 Å². The van der Waals surface area contributed by atoms with Crippen LogP contribution >= 0.6 is 0 Å². The molecule has 2 heterocycles. The fraction of sp³-hybridized carbons (Fsp3) is 0.643. The minimum atomic E-state index is -0.860. The van der Waals surface area contributed by atoms with Crippen molar-refractivity contribution in [3.8, 4) is 0 Å². The van der Waals surface area contributed by atoms with Crippen molar-refractivity contribution >= 4 is 11.9 Å². The average molecular weight is 296 g/mol. The number of carbonyl (C=O) groups excluding carboxylic acids is 1. The summed E-state index contributed by atoms with van der Waals surface area (Å²) in [6.45, 7) is 4.90. The van der Waals surface area contributed by atoms with Gasteiger partial charge in [-0.2, -0.15) is 0 Å². The topological polar surface area (TPSA) is 92.9 Å². The van der Waals surface area contributed by atoms with Crippen LogP contribution in [0.3, 0.4) is 0 Å². The van der Waals surface area contributed by atoms with Crippen molar-refractivity contribution in [2.45, 2.75) is 39.2 Å². The quantitative estimate of drug-likeness (QED) is 0.882. The van der Waals surface area contributed by atoms with Gasteiger partial charge in [0.05, 0.1) is 24.8 Å². The van der Waals surface area contributed by atoms with E-state index in [-0.39, 0.29) is 25.0 Å². The Hall–Kier alpha value is -1.89. The molecule has 1 amide bonds. The molecule has 1 N–H and O–H groups in total. The molecule has 0 saturated carbocycles. The molecule has 1 fully saturated rings. The van der Waals surface area contributed by atoms with E-state index in [1.165, 1.54) is 0 Å². The van der Waals surface area contributed by atoms with Gasteiger partial charge in [0.1, 0.15) is 11.3 Å². The summed E-state index contributed by atoms with van der Waals surface area (Å²) in [5.74, 6) is -0.381. The average Bonchev–Trinajstić information content (AvgIpc) is 2.78. The summed E-state index contributed by atoms with van der Waals surface area (Å²) in [6.07, 6.45) is 1.47. The van der Waals surface area contributed by atoms with Crippen molar-refractivity contribution in [3.63, 3.8) is 0 Å². The van der Waals surface area contributed by atoms with Crippen LogP contribution in [-0.2, 0) is 9.53 Å². The first-order valence-corrected chi connectivity index (χ1v) is 7.04. The van der Waals surface area contributed by atoms with Crippen molar-refractivity contribution in [1.29, 1.82) is 0 Å². The lowest BCUT2D eigenvalue weighted by molar-refractivity contribution is -0.138. The first-order valence-electron chi connectivity index (χ1n) is 7.04. The number of carbonyl (C=O) groups is 2. The van der Waals surface area contributed by atoms with Crippen LogP contribution in [0.15, 0.2) is 4.52 Å². The number of carboxylic acid groups (broad SMARTS) is 1. The fourth-order valence-corrected chi connectivity index (χ4v) is 2.48. The van der Waals surface area contributed by atoms with Crippen LogP contribution in [0.5, 0.6) is 0 Å². The third-order valence-corrected chi connectivity index (χ3v) is 3.65. The second-order valence-corrected chi connectivity index (χ2v) is 5.21. The SMILES string of the molecule is Cc1noc(C)c1C(=O)N1CCC(OCCC(=O)O)CC1. The van der Waals surface area contributed by atoms with E-state index >= 15 is 0 Å². The number of amides is 1. The van der Waals surface area contributed by atoms with E-state index in [2.05, 4.69) is 5.16 Å². The molecule has 0 radical (unpaired) electrons. The Labute approximate surface area is 122 Å². The van der Waals surface area contributed by atoms with Gasteiger partial charge in [0.15, 0.2) is 0 Å². The minimum Gasteiger partial charge on any atom is -0.481 e. The molecule has 0 spiro atoms. The summed E-state index contributed by atoms with van der Waals surface area (Å²) in [6, 6.07) is 0. The first-order chi connectivity index (χ1) is 9.99. The van der Waals surface area contributed by atoms with Gasteiger partial charge in [-0.3, -0.25) is 9.59 Å². The van der Waals surface area contributed by atoms with Crippen LogP contribution < -0.4 is 0 Å². The normalized spacial score (nSPS) is 16.2. The second-order valence-electron chi connectivity index (χ2n) is 5.21. The van der Waals surface area contributed by atoms with E-state index in [1.807, 2.05) is 0 Å².